The van der Waals surface area contributed by atoms with Crippen LogP contribution in [0.4, 0.5) is 21.5 Å². The second-order valence-corrected chi connectivity index (χ2v) is 17.6. The Kier molecular flexibility index (Phi) is 10.4. The van der Waals surface area contributed by atoms with Crippen LogP contribution in [0.2, 0.25) is 0 Å². The van der Waals surface area contributed by atoms with E-state index < -0.39 is 5.41 Å². The Morgan fingerprint density at radius 3 is 1.67 bits per heavy atom. The highest BCUT2D eigenvalue weighted by atomic mass is 19.1. The van der Waals surface area contributed by atoms with Crippen molar-refractivity contribution < 1.29 is 4.39 Å². The van der Waals surface area contributed by atoms with Crippen molar-refractivity contribution in [2.75, 3.05) is 4.90 Å². The summed E-state index contributed by atoms with van der Waals surface area (Å²) in [5, 5.41) is 9.40. The minimum atomic E-state index is -0.747. The monoisotopic (exact) mass is 885 g/mol. The number of halogens is 1. The number of nitrogens with zero attached hydrogens (tertiary/aromatic N) is 2. The molecule has 10 aromatic carbocycles. The molecular weight excluding hydrogens is 842 g/mol. The van der Waals surface area contributed by atoms with E-state index in [1.54, 1.807) is 12.1 Å². The number of hydrogen-bond donors (Lipinski definition) is 1. The maximum Gasteiger partial charge on any atom is 0.123 e. The van der Waals surface area contributed by atoms with Gasteiger partial charge in [0.2, 0.25) is 0 Å². The summed E-state index contributed by atoms with van der Waals surface area (Å²) in [4.78, 5) is 7.28. The Hall–Kier alpha value is -8.99. The van der Waals surface area contributed by atoms with E-state index in [1.165, 1.54) is 0 Å². The fourth-order valence-corrected chi connectivity index (χ4v) is 10.5. The van der Waals surface area contributed by atoms with E-state index >= 15 is 4.39 Å². The highest BCUT2D eigenvalue weighted by Gasteiger charge is 2.52. The van der Waals surface area contributed by atoms with Crippen molar-refractivity contribution in [2.45, 2.75) is 5.41 Å². The molecule has 0 saturated heterocycles. The normalized spacial score (nSPS) is 13.2. The average Bonchev–Trinajstić information content (AvgIpc) is 3.69. The molecule has 1 aliphatic carbocycles. The van der Waals surface area contributed by atoms with Gasteiger partial charge in [0.15, 0.2) is 0 Å². The van der Waals surface area contributed by atoms with E-state index in [0.29, 0.717) is 11.4 Å². The summed E-state index contributed by atoms with van der Waals surface area (Å²) < 4.78 is 15.7. The Labute approximate surface area is 402 Å². The second-order valence-electron chi connectivity index (χ2n) is 17.6. The largest absolute Gasteiger partial charge is 0.310 e. The van der Waals surface area contributed by atoms with Gasteiger partial charge >= 0.3 is 0 Å². The molecule has 69 heavy (non-hydrogen) atoms. The third-order valence-corrected chi connectivity index (χ3v) is 13.6. The smallest absolute Gasteiger partial charge is 0.123 e. The molecule has 1 heterocycles. The van der Waals surface area contributed by atoms with E-state index in [1.807, 2.05) is 85.1 Å². The number of benzene rings is 10. The molecule has 326 valence electrons. The number of allylic oxidation sites excluding steroid dienone is 1. The van der Waals surface area contributed by atoms with Crippen molar-refractivity contribution in [3.05, 3.63) is 300 Å². The SMILES string of the molecule is N=C(/C=C(\N=Cc1ccccc1)c1ccc(-c2ccccc2)cc1)c1cccc(-c2cccc(-c3ccc4c(c3)-c3ccc(F)cc3C43c4ccccc4N(c4ccccc4)c4ccccc43)c2)c1. The molecule has 0 unspecified atom stereocenters. The Balaban J connectivity index is 0.911. The van der Waals surface area contributed by atoms with Crippen LogP contribution in [0.5, 0.6) is 0 Å². The Morgan fingerprint density at radius 2 is 0.971 bits per heavy atom. The van der Waals surface area contributed by atoms with Gasteiger partial charge in [0.1, 0.15) is 5.82 Å². The van der Waals surface area contributed by atoms with Crippen molar-refractivity contribution in [1.82, 2.24) is 0 Å². The first-order valence-electron chi connectivity index (χ1n) is 23.3. The van der Waals surface area contributed by atoms with Crippen LogP contribution in [0.1, 0.15) is 38.9 Å². The van der Waals surface area contributed by atoms with Crippen LogP contribution >= 0.6 is 0 Å². The summed E-state index contributed by atoms with van der Waals surface area (Å²) in [6, 6.07) is 85.3. The van der Waals surface area contributed by atoms with Gasteiger partial charge in [-0.3, -0.25) is 4.99 Å². The maximum absolute atomic E-state index is 15.7. The molecule has 0 saturated carbocycles. The zero-order chi connectivity index (χ0) is 46.3. The molecule has 1 N–H and O–H groups in total. The maximum atomic E-state index is 15.7. The van der Waals surface area contributed by atoms with Crippen LogP contribution < -0.4 is 4.90 Å². The van der Waals surface area contributed by atoms with Gasteiger partial charge in [0.25, 0.3) is 0 Å². The molecular formula is C65H44FN3. The first-order chi connectivity index (χ1) is 34.0. The summed E-state index contributed by atoms with van der Waals surface area (Å²) in [6.07, 6.45) is 3.71. The molecule has 2 aliphatic rings. The van der Waals surface area contributed by atoms with Crippen LogP contribution in [0, 0.1) is 11.2 Å². The van der Waals surface area contributed by atoms with Gasteiger partial charge in [-0.1, -0.05) is 194 Å². The molecule has 0 radical (unpaired) electrons. The van der Waals surface area contributed by atoms with Gasteiger partial charge in [-0.2, -0.15) is 0 Å². The summed E-state index contributed by atoms with van der Waals surface area (Å²) in [7, 11) is 0. The van der Waals surface area contributed by atoms with E-state index in [0.717, 1.165) is 101 Å². The predicted octanol–water partition coefficient (Wildman–Crippen LogP) is 16.5. The lowest BCUT2D eigenvalue weighted by atomic mass is 9.64. The molecule has 4 heteroatoms. The first kappa shape index (κ1) is 41.4. The molecule has 1 aliphatic heterocycles. The molecule has 3 nitrogen and oxygen atoms in total. The number of anilines is 3. The van der Waals surface area contributed by atoms with E-state index in [-0.39, 0.29) is 5.82 Å². The number of aliphatic imine (C=N–C) groups is 1. The number of para-hydroxylation sites is 3. The molecule has 0 atom stereocenters. The van der Waals surface area contributed by atoms with Crippen molar-refractivity contribution in [3.63, 3.8) is 0 Å². The van der Waals surface area contributed by atoms with Crippen molar-refractivity contribution in [2.24, 2.45) is 4.99 Å². The van der Waals surface area contributed by atoms with E-state index in [2.05, 4.69) is 169 Å². The van der Waals surface area contributed by atoms with Crippen LogP contribution in [-0.4, -0.2) is 11.9 Å². The van der Waals surface area contributed by atoms with Crippen molar-refractivity contribution in [1.29, 1.82) is 5.41 Å². The molecule has 10 aromatic rings. The molecule has 0 aromatic heterocycles. The lowest BCUT2D eigenvalue weighted by molar-refractivity contribution is 0.621. The van der Waals surface area contributed by atoms with Crippen LogP contribution in [0.25, 0.3) is 50.2 Å². The lowest BCUT2D eigenvalue weighted by Gasteiger charge is -2.45. The van der Waals surface area contributed by atoms with Gasteiger partial charge in [-0.05, 0) is 133 Å². The first-order valence-corrected chi connectivity index (χ1v) is 23.3. The van der Waals surface area contributed by atoms with Crippen LogP contribution in [0.15, 0.2) is 260 Å². The van der Waals surface area contributed by atoms with E-state index in [9.17, 15) is 5.41 Å². The highest BCUT2D eigenvalue weighted by Crippen LogP contribution is 2.63. The lowest BCUT2D eigenvalue weighted by Crippen LogP contribution is -2.36. The molecule has 0 bridgehead atoms. The average molecular weight is 886 g/mol. The van der Waals surface area contributed by atoms with Gasteiger partial charge in [-0.15, -0.1) is 0 Å². The van der Waals surface area contributed by atoms with Gasteiger partial charge in [0, 0.05) is 23.0 Å². The van der Waals surface area contributed by atoms with Crippen molar-refractivity contribution >= 4 is 34.7 Å². The number of fused-ring (bicyclic) bond motifs is 9. The fraction of sp³-hybridized carbons (Fsp3) is 0.0154. The third-order valence-electron chi connectivity index (χ3n) is 13.6. The molecule has 12 rings (SSSR count). The van der Waals surface area contributed by atoms with Gasteiger partial charge in [0.05, 0.1) is 28.2 Å². The van der Waals surface area contributed by atoms with Crippen molar-refractivity contribution in [3.8, 4) is 44.5 Å². The third kappa shape index (κ3) is 7.31. The zero-order valence-electron chi connectivity index (χ0n) is 37.6. The Morgan fingerprint density at radius 1 is 0.420 bits per heavy atom. The highest BCUT2D eigenvalue weighted by molar-refractivity contribution is 6.11. The van der Waals surface area contributed by atoms with Gasteiger partial charge in [-0.25, -0.2) is 4.39 Å². The number of hydrogen-bond acceptors (Lipinski definition) is 3. The van der Waals surface area contributed by atoms with Crippen LogP contribution in [-0.2, 0) is 5.41 Å². The minimum absolute atomic E-state index is 0.256. The summed E-state index contributed by atoms with van der Waals surface area (Å²) >= 11 is 0. The number of rotatable bonds is 9. The topological polar surface area (TPSA) is 39.5 Å². The quantitative estimate of drug-likeness (QED) is 0.144. The zero-order valence-corrected chi connectivity index (χ0v) is 37.6. The molecule has 1 spiro atoms. The summed E-state index contributed by atoms with van der Waals surface area (Å²) in [5.74, 6) is -0.256. The minimum Gasteiger partial charge on any atom is -0.310 e. The summed E-state index contributed by atoms with van der Waals surface area (Å²) in [6.45, 7) is 0. The Bertz CT molecular complexity index is 3580. The predicted molar refractivity (Wildman–Crippen MR) is 284 cm³/mol. The van der Waals surface area contributed by atoms with Crippen LogP contribution in [0.3, 0.4) is 0 Å². The van der Waals surface area contributed by atoms with Gasteiger partial charge < -0.3 is 10.3 Å². The summed E-state index contributed by atoms with van der Waals surface area (Å²) in [5.41, 5.74) is 19.1. The molecule has 0 fully saturated rings. The molecule has 0 amide bonds. The number of nitrogens with one attached hydrogen (secondary N) is 1. The standard InChI is InChI=1S/C65H44FN3/c66-53-35-36-55-56-40-51(34-37-57(56)65(60(55)41-53)58-26-10-12-28-63(58)69(54-24-8-3-9-25-54)64-29-13-11-27-59(64)65)49-21-14-20-48(38-49)50-22-15-23-52(39-50)61(67)42-62(68-43-44-16-4-1-5-17-44)47-32-30-46(31-33-47)45-18-6-2-7-19-45/h1-43,67H/b62-42-,67-61?,68-43?. The second kappa shape index (κ2) is 17.3. The van der Waals surface area contributed by atoms with E-state index in [4.69, 9.17) is 4.99 Å². The fourth-order valence-electron chi connectivity index (χ4n) is 10.5.